The first kappa shape index (κ1) is 13.4. The molecule has 1 N–H and O–H groups in total. The average Bonchev–Trinajstić information content (AvgIpc) is 2.86. The maximum absolute atomic E-state index is 12.7. The quantitative estimate of drug-likeness (QED) is 0.640. The van der Waals surface area contributed by atoms with Gasteiger partial charge in [-0.1, -0.05) is 39.7 Å². The van der Waals surface area contributed by atoms with Gasteiger partial charge in [0.25, 0.3) is 0 Å². The molecule has 0 saturated heterocycles. The van der Waals surface area contributed by atoms with E-state index in [0.717, 1.165) is 20.9 Å². The van der Waals surface area contributed by atoms with Crippen molar-refractivity contribution in [1.82, 2.24) is 4.98 Å². The van der Waals surface area contributed by atoms with Gasteiger partial charge in [0.1, 0.15) is 0 Å². The van der Waals surface area contributed by atoms with E-state index in [0.29, 0.717) is 16.1 Å². The van der Waals surface area contributed by atoms with Gasteiger partial charge in [-0.3, -0.25) is 4.79 Å². The van der Waals surface area contributed by atoms with Crippen LogP contribution in [0.4, 0.5) is 0 Å². The lowest BCUT2D eigenvalue weighted by atomic mass is 9.99. The van der Waals surface area contributed by atoms with E-state index >= 15 is 0 Å². The number of aryl methyl sites for hydroxylation is 1. The molecule has 1 aromatic heterocycles. The zero-order chi connectivity index (χ0) is 14.3. The minimum Gasteiger partial charge on any atom is -0.360 e. The van der Waals surface area contributed by atoms with Crippen molar-refractivity contribution in [1.29, 1.82) is 0 Å². The molecule has 4 heteroatoms. The Morgan fingerprint density at radius 2 is 2.00 bits per heavy atom. The zero-order valence-electron chi connectivity index (χ0n) is 10.7. The van der Waals surface area contributed by atoms with E-state index < -0.39 is 0 Å². The summed E-state index contributed by atoms with van der Waals surface area (Å²) in [5, 5.41) is 1.47. The second-order valence-electron chi connectivity index (χ2n) is 4.65. The molecule has 0 atom stereocenters. The SMILES string of the molecule is Cc1ccc(Cl)cc1C(=O)c1c[nH]c2cccc(Br)c12. The summed E-state index contributed by atoms with van der Waals surface area (Å²) in [6.07, 6.45) is 1.75. The Labute approximate surface area is 129 Å². The molecule has 0 aliphatic rings. The Hall–Kier alpha value is -1.58. The van der Waals surface area contributed by atoms with E-state index in [2.05, 4.69) is 20.9 Å². The molecule has 0 amide bonds. The van der Waals surface area contributed by atoms with E-state index in [1.54, 1.807) is 18.3 Å². The lowest BCUT2D eigenvalue weighted by molar-refractivity contribution is 0.103. The molecule has 0 unspecified atom stereocenters. The normalized spacial score (nSPS) is 10.9. The second kappa shape index (κ2) is 5.08. The molecule has 100 valence electrons. The van der Waals surface area contributed by atoms with Gasteiger partial charge >= 0.3 is 0 Å². The number of hydrogen-bond acceptors (Lipinski definition) is 1. The van der Waals surface area contributed by atoms with Crippen molar-refractivity contribution in [3.8, 4) is 0 Å². The van der Waals surface area contributed by atoms with Crippen LogP contribution in [-0.4, -0.2) is 10.8 Å². The Kier molecular flexibility index (Phi) is 3.40. The van der Waals surface area contributed by atoms with Gasteiger partial charge in [0, 0.05) is 37.7 Å². The molecular weight excluding hydrogens is 338 g/mol. The van der Waals surface area contributed by atoms with Crippen LogP contribution in [0.25, 0.3) is 10.9 Å². The molecule has 0 radical (unpaired) electrons. The number of nitrogens with one attached hydrogen (secondary N) is 1. The van der Waals surface area contributed by atoms with E-state index in [9.17, 15) is 4.79 Å². The molecule has 1 heterocycles. The molecule has 2 aromatic carbocycles. The van der Waals surface area contributed by atoms with Crippen molar-refractivity contribution in [2.75, 3.05) is 0 Å². The van der Waals surface area contributed by atoms with Crippen LogP contribution < -0.4 is 0 Å². The van der Waals surface area contributed by atoms with Gasteiger partial charge in [-0.15, -0.1) is 0 Å². The van der Waals surface area contributed by atoms with Gasteiger partial charge in [0.15, 0.2) is 5.78 Å². The summed E-state index contributed by atoms with van der Waals surface area (Å²) in [7, 11) is 0. The minimum absolute atomic E-state index is 0.0249. The summed E-state index contributed by atoms with van der Waals surface area (Å²) >= 11 is 9.50. The Morgan fingerprint density at radius 1 is 1.20 bits per heavy atom. The summed E-state index contributed by atoms with van der Waals surface area (Å²) in [4.78, 5) is 15.9. The highest BCUT2D eigenvalue weighted by molar-refractivity contribution is 9.10. The molecule has 0 spiro atoms. The topological polar surface area (TPSA) is 32.9 Å². The summed E-state index contributed by atoms with van der Waals surface area (Å²) < 4.78 is 0.902. The standard InChI is InChI=1S/C16H11BrClNO/c1-9-5-6-10(18)7-11(9)16(20)12-8-19-14-4-2-3-13(17)15(12)14/h2-8,19H,1H3. The van der Waals surface area contributed by atoms with Crippen molar-refractivity contribution in [2.45, 2.75) is 6.92 Å². The summed E-state index contributed by atoms with van der Waals surface area (Å²) in [6.45, 7) is 1.91. The van der Waals surface area contributed by atoms with Gasteiger partial charge in [-0.25, -0.2) is 0 Å². The number of aromatic amines is 1. The van der Waals surface area contributed by atoms with Gasteiger partial charge in [0.05, 0.1) is 0 Å². The predicted octanol–water partition coefficient (Wildman–Crippen LogP) is 5.12. The van der Waals surface area contributed by atoms with Crippen LogP contribution in [0.5, 0.6) is 0 Å². The number of rotatable bonds is 2. The first-order valence-electron chi connectivity index (χ1n) is 6.14. The number of halogens is 2. The fourth-order valence-corrected chi connectivity index (χ4v) is 3.06. The van der Waals surface area contributed by atoms with Gasteiger partial charge in [0.2, 0.25) is 0 Å². The van der Waals surface area contributed by atoms with Crippen LogP contribution in [0.2, 0.25) is 5.02 Å². The van der Waals surface area contributed by atoms with E-state index in [-0.39, 0.29) is 5.78 Å². The van der Waals surface area contributed by atoms with Crippen LogP contribution in [0.1, 0.15) is 21.5 Å². The maximum atomic E-state index is 12.7. The fraction of sp³-hybridized carbons (Fsp3) is 0.0625. The molecule has 0 saturated carbocycles. The molecule has 3 rings (SSSR count). The molecule has 2 nitrogen and oxygen atoms in total. The number of carbonyl (C=O) groups excluding carboxylic acids is 1. The number of hydrogen-bond donors (Lipinski definition) is 1. The minimum atomic E-state index is -0.0249. The molecular formula is C16H11BrClNO. The average molecular weight is 349 g/mol. The third kappa shape index (κ3) is 2.17. The lowest BCUT2D eigenvalue weighted by Crippen LogP contribution is -2.03. The number of aromatic nitrogens is 1. The molecule has 20 heavy (non-hydrogen) atoms. The van der Waals surface area contributed by atoms with Crippen molar-refractivity contribution in [2.24, 2.45) is 0 Å². The van der Waals surface area contributed by atoms with Crippen molar-refractivity contribution in [3.63, 3.8) is 0 Å². The summed E-state index contributed by atoms with van der Waals surface area (Å²) in [6, 6.07) is 11.2. The van der Waals surface area contributed by atoms with Gasteiger partial charge < -0.3 is 4.98 Å². The monoisotopic (exact) mass is 347 g/mol. The van der Waals surface area contributed by atoms with Crippen LogP contribution in [0.3, 0.4) is 0 Å². The van der Waals surface area contributed by atoms with E-state index in [4.69, 9.17) is 11.6 Å². The smallest absolute Gasteiger partial charge is 0.195 e. The summed E-state index contributed by atoms with van der Waals surface area (Å²) in [5.41, 5.74) is 3.13. The Morgan fingerprint density at radius 3 is 2.80 bits per heavy atom. The maximum Gasteiger partial charge on any atom is 0.195 e. The van der Waals surface area contributed by atoms with Gasteiger partial charge in [-0.05, 0) is 36.8 Å². The number of carbonyl (C=O) groups is 1. The van der Waals surface area contributed by atoms with E-state index in [1.165, 1.54) is 0 Å². The third-order valence-electron chi connectivity index (χ3n) is 3.34. The molecule has 0 bridgehead atoms. The number of fused-ring (bicyclic) bond motifs is 1. The molecule has 0 aliphatic carbocycles. The van der Waals surface area contributed by atoms with E-state index in [1.807, 2.05) is 31.2 Å². The summed E-state index contributed by atoms with van der Waals surface area (Å²) in [5.74, 6) is -0.0249. The van der Waals surface area contributed by atoms with Crippen LogP contribution in [0.15, 0.2) is 47.1 Å². The van der Waals surface area contributed by atoms with Gasteiger partial charge in [-0.2, -0.15) is 0 Å². The highest BCUT2D eigenvalue weighted by Gasteiger charge is 2.17. The molecule has 0 fully saturated rings. The van der Waals surface area contributed by atoms with Crippen molar-refractivity contribution in [3.05, 3.63) is 68.8 Å². The van der Waals surface area contributed by atoms with Crippen molar-refractivity contribution >= 4 is 44.2 Å². The largest absolute Gasteiger partial charge is 0.360 e. The lowest BCUT2D eigenvalue weighted by Gasteiger charge is -2.05. The number of benzene rings is 2. The second-order valence-corrected chi connectivity index (χ2v) is 5.94. The first-order valence-corrected chi connectivity index (χ1v) is 7.31. The highest BCUT2D eigenvalue weighted by atomic mass is 79.9. The van der Waals surface area contributed by atoms with Crippen molar-refractivity contribution < 1.29 is 4.79 Å². The van der Waals surface area contributed by atoms with Crippen LogP contribution >= 0.6 is 27.5 Å². The first-order chi connectivity index (χ1) is 9.58. The fourth-order valence-electron chi connectivity index (χ4n) is 2.30. The highest BCUT2D eigenvalue weighted by Crippen LogP contribution is 2.29. The third-order valence-corrected chi connectivity index (χ3v) is 4.24. The predicted molar refractivity (Wildman–Crippen MR) is 85.6 cm³/mol. The van der Waals surface area contributed by atoms with Crippen LogP contribution in [0, 0.1) is 6.92 Å². The Balaban J connectivity index is 2.21. The number of H-pyrrole nitrogens is 1. The molecule has 3 aromatic rings. The molecule has 0 aliphatic heterocycles. The number of ketones is 1. The Bertz CT molecular complexity index is 822. The zero-order valence-corrected chi connectivity index (χ0v) is 13.0. The van der Waals surface area contributed by atoms with Crippen LogP contribution in [-0.2, 0) is 0 Å².